The average molecular weight is 395 g/mol. The molecule has 0 aliphatic heterocycles. The normalized spacial score (nSPS) is 12.0. The van der Waals surface area contributed by atoms with Gasteiger partial charge in [-0.2, -0.15) is 0 Å². The first kappa shape index (κ1) is 22.7. The van der Waals surface area contributed by atoms with Crippen molar-refractivity contribution in [2.45, 2.75) is 73.0 Å². The van der Waals surface area contributed by atoms with Gasteiger partial charge in [0.25, 0.3) is 0 Å². The molecule has 0 spiro atoms. The number of aryl methyl sites for hydroxylation is 3. The van der Waals surface area contributed by atoms with E-state index in [4.69, 9.17) is 0 Å². The number of amides is 2. The maximum atomic E-state index is 13.3. The van der Waals surface area contributed by atoms with Gasteiger partial charge in [0, 0.05) is 12.6 Å². The van der Waals surface area contributed by atoms with Gasteiger partial charge in [-0.15, -0.1) is 0 Å². The maximum Gasteiger partial charge on any atom is 0.243 e. The summed E-state index contributed by atoms with van der Waals surface area (Å²) in [4.78, 5) is 27.9. The van der Waals surface area contributed by atoms with Crippen molar-refractivity contribution in [2.75, 3.05) is 0 Å². The topological polar surface area (TPSA) is 49.4 Å². The molecule has 4 nitrogen and oxygen atoms in total. The van der Waals surface area contributed by atoms with Crippen LogP contribution >= 0.6 is 0 Å². The third-order valence-electron chi connectivity index (χ3n) is 5.18. The minimum absolute atomic E-state index is 0.0273. The first-order valence-electron chi connectivity index (χ1n) is 10.4. The molecule has 2 aromatic carbocycles. The van der Waals surface area contributed by atoms with Gasteiger partial charge in [0.1, 0.15) is 6.04 Å². The van der Waals surface area contributed by atoms with Crippen LogP contribution in [0.5, 0.6) is 0 Å². The van der Waals surface area contributed by atoms with Gasteiger partial charge in [0.15, 0.2) is 0 Å². The second-order valence-electron chi connectivity index (χ2n) is 8.19. The summed E-state index contributed by atoms with van der Waals surface area (Å²) in [6, 6.07) is 13.8. The van der Waals surface area contributed by atoms with Crippen LogP contribution in [-0.4, -0.2) is 28.8 Å². The Kier molecular flexibility index (Phi) is 8.00. The molecule has 156 valence electrons. The molecule has 2 aromatic rings. The fourth-order valence-electron chi connectivity index (χ4n) is 3.50. The molecule has 0 saturated carbocycles. The molecular weight excluding hydrogens is 360 g/mol. The van der Waals surface area contributed by atoms with Gasteiger partial charge in [-0.3, -0.25) is 9.59 Å². The third kappa shape index (κ3) is 6.45. The van der Waals surface area contributed by atoms with Crippen LogP contribution in [0.15, 0.2) is 42.5 Å². The van der Waals surface area contributed by atoms with Crippen LogP contribution in [-0.2, 0) is 22.6 Å². The first-order chi connectivity index (χ1) is 13.7. The number of nitrogens with one attached hydrogen (secondary N) is 1. The quantitative estimate of drug-likeness (QED) is 0.717. The number of nitrogens with zero attached hydrogens (tertiary/aromatic N) is 1. The van der Waals surface area contributed by atoms with E-state index in [9.17, 15) is 9.59 Å². The molecule has 0 aromatic heterocycles. The molecule has 1 N–H and O–H groups in total. The zero-order valence-corrected chi connectivity index (χ0v) is 18.6. The molecule has 2 rings (SSSR count). The average Bonchev–Trinajstić information content (AvgIpc) is 2.64. The standard InChI is InChI=1S/C25H34N2O2/c1-7-23(25(29)26-17(2)3)27(16-22-10-8-9-18(4)13-22)24(28)15-21-12-11-19(5)20(6)14-21/h8-14,17,23H,7,15-16H2,1-6H3,(H,26,29)/t23-/m1/s1. The summed E-state index contributed by atoms with van der Waals surface area (Å²) in [7, 11) is 0. The lowest BCUT2D eigenvalue weighted by molar-refractivity contribution is -0.141. The maximum absolute atomic E-state index is 13.3. The van der Waals surface area contributed by atoms with E-state index in [1.807, 2.05) is 58.0 Å². The lowest BCUT2D eigenvalue weighted by atomic mass is 10.0. The number of carbonyl (C=O) groups is 2. The highest BCUT2D eigenvalue weighted by molar-refractivity contribution is 5.88. The van der Waals surface area contributed by atoms with Crippen LogP contribution in [0.25, 0.3) is 0 Å². The monoisotopic (exact) mass is 394 g/mol. The molecule has 0 saturated heterocycles. The second-order valence-corrected chi connectivity index (χ2v) is 8.19. The van der Waals surface area contributed by atoms with Crippen molar-refractivity contribution < 1.29 is 9.59 Å². The molecule has 0 unspecified atom stereocenters. The van der Waals surface area contributed by atoms with Crippen LogP contribution in [0.2, 0.25) is 0 Å². The van der Waals surface area contributed by atoms with Gasteiger partial charge in [-0.1, -0.05) is 55.0 Å². The fourth-order valence-corrected chi connectivity index (χ4v) is 3.50. The van der Waals surface area contributed by atoms with Gasteiger partial charge in [-0.05, 0) is 63.3 Å². The number of rotatable bonds is 8. The molecule has 0 heterocycles. The van der Waals surface area contributed by atoms with Crippen molar-refractivity contribution in [1.29, 1.82) is 0 Å². The number of carbonyl (C=O) groups excluding carboxylic acids is 2. The third-order valence-corrected chi connectivity index (χ3v) is 5.18. The fraction of sp³-hybridized carbons (Fsp3) is 0.440. The van der Waals surface area contributed by atoms with Crippen molar-refractivity contribution >= 4 is 11.8 Å². The molecule has 0 aliphatic carbocycles. The predicted molar refractivity (Wildman–Crippen MR) is 119 cm³/mol. The molecule has 0 radical (unpaired) electrons. The molecule has 0 fully saturated rings. The highest BCUT2D eigenvalue weighted by Crippen LogP contribution is 2.17. The largest absolute Gasteiger partial charge is 0.352 e. The summed E-state index contributed by atoms with van der Waals surface area (Å²) >= 11 is 0. The molecule has 2 amide bonds. The summed E-state index contributed by atoms with van der Waals surface area (Å²) in [5.41, 5.74) is 5.54. The van der Waals surface area contributed by atoms with Crippen LogP contribution in [0.1, 0.15) is 55.0 Å². The summed E-state index contributed by atoms with van der Waals surface area (Å²) < 4.78 is 0. The Morgan fingerprint density at radius 3 is 2.28 bits per heavy atom. The SMILES string of the molecule is CC[C@H](C(=O)NC(C)C)N(Cc1cccc(C)c1)C(=O)Cc1ccc(C)c(C)c1. The molecular formula is C25H34N2O2. The highest BCUT2D eigenvalue weighted by Gasteiger charge is 2.29. The summed E-state index contributed by atoms with van der Waals surface area (Å²) in [5.74, 6) is -0.121. The first-order valence-corrected chi connectivity index (χ1v) is 10.4. The van der Waals surface area contributed by atoms with E-state index >= 15 is 0 Å². The molecule has 4 heteroatoms. The minimum Gasteiger partial charge on any atom is -0.352 e. The Bertz CT molecular complexity index is 858. The van der Waals surface area contributed by atoms with Gasteiger partial charge in [0.05, 0.1) is 6.42 Å². The smallest absolute Gasteiger partial charge is 0.243 e. The van der Waals surface area contributed by atoms with Crippen LogP contribution < -0.4 is 5.32 Å². The number of benzene rings is 2. The van der Waals surface area contributed by atoms with Gasteiger partial charge < -0.3 is 10.2 Å². The van der Waals surface area contributed by atoms with E-state index in [0.717, 1.165) is 16.7 Å². The van der Waals surface area contributed by atoms with Crippen molar-refractivity contribution in [2.24, 2.45) is 0 Å². The summed E-state index contributed by atoms with van der Waals surface area (Å²) in [6.07, 6.45) is 0.863. The van der Waals surface area contributed by atoms with Crippen LogP contribution in [0.4, 0.5) is 0 Å². The Balaban J connectivity index is 2.31. The molecule has 0 aliphatic rings. The van der Waals surface area contributed by atoms with Crippen LogP contribution in [0, 0.1) is 20.8 Å². The zero-order valence-electron chi connectivity index (χ0n) is 18.6. The lowest BCUT2D eigenvalue weighted by Crippen LogP contribution is -2.50. The second kappa shape index (κ2) is 10.2. The zero-order chi connectivity index (χ0) is 21.6. The number of hydrogen-bond donors (Lipinski definition) is 1. The van der Waals surface area contributed by atoms with E-state index in [0.29, 0.717) is 19.4 Å². The highest BCUT2D eigenvalue weighted by atomic mass is 16.2. The lowest BCUT2D eigenvalue weighted by Gasteiger charge is -2.31. The summed E-state index contributed by atoms with van der Waals surface area (Å²) in [6.45, 7) is 12.4. The minimum atomic E-state index is -0.489. The van der Waals surface area contributed by atoms with E-state index < -0.39 is 6.04 Å². The van der Waals surface area contributed by atoms with Crippen molar-refractivity contribution in [3.05, 3.63) is 70.3 Å². The van der Waals surface area contributed by atoms with Crippen LogP contribution in [0.3, 0.4) is 0 Å². The Morgan fingerprint density at radius 2 is 1.69 bits per heavy atom. The van der Waals surface area contributed by atoms with E-state index in [1.54, 1.807) is 4.90 Å². The summed E-state index contributed by atoms with van der Waals surface area (Å²) in [5, 5.41) is 2.97. The number of hydrogen-bond acceptors (Lipinski definition) is 2. The molecule has 0 bridgehead atoms. The Hall–Kier alpha value is -2.62. The van der Waals surface area contributed by atoms with Gasteiger partial charge >= 0.3 is 0 Å². The Morgan fingerprint density at radius 1 is 0.966 bits per heavy atom. The Labute approximate surface area is 175 Å². The molecule has 1 atom stereocenters. The van der Waals surface area contributed by atoms with E-state index in [1.165, 1.54) is 11.1 Å². The van der Waals surface area contributed by atoms with Crippen molar-refractivity contribution in [3.63, 3.8) is 0 Å². The van der Waals surface area contributed by atoms with Crippen molar-refractivity contribution in [3.8, 4) is 0 Å². The van der Waals surface area contributed by atoms with Gasteiger partial charge in [-0.25, -0.2) is 0 Å². The van der Waals surface area contributed by atoms with E-state index in [-0.39, 0.29) is 17.9 Å². The van der Waals surface area contributed by atoms with E-state index in [2.05, 4.69) is 31.3 Å². The van der Waals surface area contributed by atoms with Gasteiger partial charge in [0.2, 0.25) is 11.8 Å². The molecule has 29 heavy (non-hydrogen) atoms. The van der Waals surface area contributed by atoms with Crippen molar-refractivity contribution in [1.82, 2.24) is 10.2 Å². The predicted octanol–water partition coefficient (Wildman–Crippen LogP) is 4.49.